The highest BCUT2D eigenvalue weighted by atomic mass is 16.5. The van der Waals surface area contributed by atoms with Gasteiger partial charge in [-0.2, -0.15) is 0 Å². The summed E-state index contributed by atoms with van der Waals surface area (Å²) in [5.41, 5.74) is 9.39. The first kappa shape index (κ1) is 33.8. The number of hydrogen-bond acceptors (Lipinski definition) is 9. The number of anilines is 1. The number of fused-ring (bicyclic) bond motifs is 1. The lowest BCUT2D eigenvalue weighted by molar-refractivity contribution is -0.137. The van der Waals surface area contributed by atoms with Gasteiger partial charge < -0.3 is 20.5 Å². The summed E-state index contributed by atoms with van der Waals surface area (Å²) in [6.07, 6.45) is 17.8. The molecule has 51 heavy (non-hydrogen) atoms. The largest absolute Gasteiger partial charge is 0.427 e. The van der Waals surface area contributed by atoms with Gasteiger partial charge in [-0.15, -0.1) is 0 Å². The van der Waals surface area contributed by atoms with E-state index in [9.17, 15) is 19.2 Å². The fourth-order valence-corrected chi connectivity index (χ4v) is 10.9. The highest BCUT2D eigenvalue weighted by Crippen LogP contribution is 2.72. The third kappa shape index (κ3) is 5.27. The molecule has 9 rings (SSSR count). The minimum atomic E-state index is -0.870. The van der Waals surface area contributed by atoms with Crippen LogP contribution in [0.15, 0.2) is 76.4 Å². The Balaban J connectivity index is 1.33. The number of amides is 2. The van der Waals surface area contributed by atoms with Gasteiger partial charge in [0, 0.05) is 47.9 Å². The van der Waals surface area contributed by atoms with Crippen molar-refractivity contribution in [1.29, 1.82) is 0 Å². The standard InChI is InChI=1S/C41H48N4O6/c1-4-40(15-5-6-16-40)20-29-27-9-8-26-25-13-17-41(36(26)35(27)38(48)50-29)30(10-7-23(2)21-43-3)51-39(49)37(41)34(25)28(24-14-18-44-31(42)19-24)22-45-32(46)11-12-33(45)47/h10-12,14,18-20,23,25-26,28,36,43H,4-9,13,15-17,21-22H2,1-3H3,(H2,42,44)/b29-20-,30-10-/t23-,25-,26-,28+,36+,41-/m0/s1. The Morgan fingerprint density at radius 2 is 1.84 bits per heavy atom. The maximum Gasteiger partial charge on any atom is 0.340 e. The van der Waals surface area contributed by atoms with Crippen molar-refractivity contribution in [3.05, 3.63) is 82.0 Å². The van der Waals surface area contributed by atoms with Crippen LogP contribution in [0.3, 0.4) is 0 Å². The first-order valence-electron chi connectivity index (χ1n) is 18.9. The van der Waals surface area contributed by atoms with Gasteiger partial charge in [0.15, 0.2) is 0 Å². The average molecular weight is 693 g/mol. The third-order valence-electron chi connectivity index (χ3n) is 13.2. The predicted molar refractivity (Wildman–Crippen MR) is 190 cm³/mol. The summed E-state index contributed by atoms with van der Waals surface area (Å²) in [6.45, 7) is 5.25. The number of carbonyl (C=O) groups excluding carboxylic acids is 4. The normalized spacial score (nSPS) is 31.8. The fourth-order valence-electron chi connectivity index (χ4n) is 10.9. The highest BCUT2D eigenvalue weighted by molar-refractivity contribution is 6.13. The molecule has 1 saturated heterocycles. The number of rotatable bonds is 10. The monoisotopic (exact) mass is 692 g/mol. The third-order valence-corrected chi connectivity index (χ3v) is 13.2. The lowest BCUT2D eigenvalue weighted by atomic mass is 9.43. The van der Waals surface area contributed by atoms with Gasteiger partial charge in [0.25, 0.3) is 11.8 Å². The van der Waals surface area contributed by atoms with Gasteiger partial charge in [-0.25, -0.2) is 14.6 Å². The number of nitrogens with zero attached hydrogens (tertiary/aromatic N) is 2. The summed E-state index contributed by atoms with van der Waals surface area (Å²) in [7, 11) is 1.93. The second-order valence-electron chi connectivity index (χ2n) is 15.9. The van der Waals surface area contributed by atoms with Crippen LogP contribution in [0.2, 0.25) is 0 Å². The minimum absolute atomic E-state index is 0.0344. The number of ether oxygens (including phenoxy) is 2. The molecule has 1 aromatic rings. The summed E-state index contributed by atoms with van der Waals surface area (Å²) in [5, 5.41) is 3.25. The fraction of sp³-hybridized carbons (Fsp3) is 0.537. The van der Waals surface area contributed by atoms with Gasteiger partial charge >= 0.3 is 11.9 Å². The zero-order valence-corrected chi connectivity index (χ0v) is 29.8. The van der Waals surface area contributed by atoms with Crippen LogP contribution in [0, 0.1) is 34.5 Å². The zero-order chi connectivity index (χ0) is 35.7. The molecular formula is C41H48N4O6. The number of carbonyl (C=O) groups is 4. The molecule has 8 aliphatic rings. The van der Waals surface area contributed by atoms with E-state index in [0.717, 1.165) is 67.5 Å². The second kappa shape index (κ2) is 12.7. The first-order valence-corrected chi connectivity index (χ1v) is 18.9. The van der Waals surface area contributed by atoms with Crippen molar-refractivity contribution in [1.82, 2.24) is 15.2 Å². The van der Waals surface area contributed by atoms with Crippen LogP contribution >= 0.6 is 0 Å². The van der Waals surface area contributed by atoms with Crippen LogP contribution < -0.4 is 11.1 Å². The molecule has 2 amide bonds. The maximum atomic E-state index is 14.5. The predicted octanol–water partition coefficient (Wildman–Crippen LogP) is 5.80. The Hall–Kier alpha value is -4.31. The van der Waals surface area contributed by atoms with E-state index in [1.165, 1.54) is 29.9 Å². The maximum absolute atomic E-state index is 14.5. The number of nitrogens with one attached hydrogen (secondary N) is 1. The second-order valence-corrected chi connectivity index (χ2v) is 15.9. The summed E-state index contributed by atoms with van der Waals surface area (Å²) < 4.78 is 12.6. The number of imide groups is 1. The van der Waals surface area contributed by atoms with Crippen molar-refractivity contribution in [3.8, 4) is 0 Å². The van der Waals surface area contributed by atoms with Crippen molar-refractivity contribution in [2.24, 2.45) is 34.5 Å². The molecule has 6 atom stereocenters. The Kier molecular flexibility index (Phi) is 8.44. The number of pyridine rings is 1. The number of esters is 2. The minimum Gasteiger partial charge on any atom is -0.427 e. The molecule has 5 aliphatic carbocycles. The molecular weight excluding hydrogens is 644 g/mol. The van der Waals surface area contributed by atoms with Crippen LogP contribution in [-0.2, 0) is 28.7 Å². The molecule has 3 N–H and O–H groups in total. The number of aromatic nitrogens is 1. The number of nitrogen functional groups attached to an aromatic ring is 1. The lowest BCUT2D eigenvalue weighted by Gasteiger charge is -2.57. The summed E-state index contributed by atoms with van der Waals surface area (Å²) in [4.78, 5) is 60.2. The van der Waals surface area contributed by atoms with Crippen LogP contribution in [0.25, 0.3) is 0 Å². The molecule has 2 saturated carbocycles. The zero-order valence-electron chi connectivity index (χ0n) is 29.8. The molecule has 1 spiro atoms. The van der Waals surface area contributed by atoms with E-state index < -0.39 is 17.3 Å². The number of hydrogen-bond donors (Lipinski definition) is 2. The van der Waals surface area contributed by atoms with E-state index in [1.54, 1.807) is 12.3 Å². The average Bonchev–Trinajstić information content (AvgIpc) is 3.88. The van der Waals surface area contributed by atoms with Gasteiger partial charge in [0.05, 0.1) is 11.0 Å². The number of allylic oxidation sites excluding steroid dienone is 4. The topological polar surface area (TPSA) is 141 Å². The highest BCUT2D eigenvalue weighted by Gasteiger charge is 2.69. The van der Waals surface area contributed by atoms with Gasteiger partial charge in [-0.3, -0.25) is 14.5 Å². The number of cyclic esters (lactones) is 2. The Morgan fingerprint density at radius 3 is 2.55 bits per heavy atom. The molecule has 3 aliphatic heterocycles. The molecule has 0 aromatic carbocycles. The van der Waals surface area contributed by atoms with Gasteiger partial charge in [-0.05, 0) is 124 Å². The first-order chi connectivity index (χ1) is 24.6. The van der Waals surface area contributed by atoms with Crippen LogP contribution in [-0.4, -0.2) is 53.8 Å². The Labute approximate surface area is 299 Å². The van der Waals surface area contributed by atoms with Gasteiger partial charge in [0.2, 0.25) is 0 Å². The molecule has 3 fully saturated rings. The van der Waals surface area contributed by atoms with E-state index in [-0.39, 0.29) is 53.4 Å². The molecule has 10 nitrogen and oxygen atoms in total. The van der Waals surface area contributed by atoms with Crippen molar-refractivity contribution in [2.75, 3.05) is 25.9 Å². The Bertz CT molecular complexity index is 1850. The van der Waals surface area contributed by atoms with Crippen LogP contribution in [0.4, 0.5) is 5.82 Å². The summed E-state index contributed by atoms with van der Waals surface area (Å²) >= 11 is 0. The molecule has 1 aromatic heterocycles. The SMILES string of the molecule is CCC1(/C=C2\OC(=O)C3=C2CC[C@H]2[C@@H]4CC[C@@]5(C(=C4[C@H](CN4C(=O)C=CC4=O)c4ccnc(N)c4)C(=O)O/C5=C\C[C@H](C)CNC)[C@@H]32)CCCC1. The molecule has 2 bridgehead atoms. The van der Waals surface area contributed by atoms with Crippen LogP contribution in [0.1, 0.15) is 89.5 Å². The Morgan fingerprint density at radius 1 is 1.08 bits per heavy atom. The van der Waals surface area contributed by atoms with E-state index in [2.05, 4.69) is 36.3 Å². The van der Waals surface area contributed by atoms with E-state index >= 15 is 0 Å². The van der Waals surface area contributed by atoms with Crippen molar-refractivity contribution < 1.29 is 28.7 Å². The summed E-state index contributed by atoms with van der Waals surface area (Å²) in [5.74, 6) is -0.343. The molecule has 0 unspecified atom stereocenters. The van der Waals surface area contributed by atoms with Crippen molar-refractivity contribution in [3.63, 3.8) is 0 Å². The summed E-state index contributed by atoms with van der Waals surface area (Å²) in [6, 6.07) is 3.63. The van der Waals surface area contributed by atoms with E-state index in [0.29, 0.717) is 35.6 Å². The molecule has 10 heteroatoms. The lowest BCUT2D eigenvalue weighted by Crippen LogP contribution is -2.53. The van der Waals surface area contributed by atoms with Crippen LogP contribution in [0.5, 0.6) is 0 Å². The quantitative estimate of drug-likeness (QED) is 0.230. The van der Waals surface area contributed by atoms with E-state index in [4.69, 9.17) is 15.2 Å². The van der Waals surface area contributed by atoms with Gasteiger partial charge in [0.1, 0.15) is 17.3 Å². The van der Waals surface area contributed by atoms with Crippen molar-refractivity contribution in [2.45, 2.75) is 84.0 Å². The number of nitrogens with two attached hydrogens (primary N) is 1. The van der Waals surface area contributed by atoms with Gasteiger partial charge in [-0.1, -0.05) is 26.7 Å². The molecule has 268 valence electrons. The smallest absolute Gasteiger partial charge is 0.340 e. The van der Waals surface area contributed by atoms with E-state index in [1.807, 2.05) is 13.1 Å². The van der Waals surface area contributed by atoms with Crippen molar-refractivity contribution >= 4 is 29.6 Å². The molecule has 4 heterocycles. The molecule has 0 radical (unpaired) electrons.